The fraction of sp³-hybridized carbons (Fsp3) is 0.133. The minimum atomic E-state index is -3.71. The van der Waals surface area contributed by atoms with Crippen LogP contribution in [-0.4, -0.2) is 33.0 Å². The highest BCUT2D eigenvalue weighted by Crippen LogP contribution is 2.25. The number of hydrogen-bond donors (Lipinski definition) is 1. The number of pyridine rings is 1. The number of hydrogen-bond acceptors (Lipinski definition) is 6. The lowest BCUT2D eigenvalue weighted by atomic mass is 10.1. The van der Waals surface area contributed by atoms with E-state index in [2.05, 4.69) is 9.71 Å². The summed E-state index contributed by atoms with van der Waals surface area (Å²) >= 11 is 0. The predicted molar refractivity (Wildman–Crippen MR) is 147 cm³/mol. The van der Waals surface area contributed by atoms with Crippen LogP contribution in [0.25, 0.3) is 21.7 Å². The summed E-state index contributed by atoms with van der Waals surface area (Å²) in [6, 6.07) is 29.4. The van der Waals surface area contributed by atoms with Gasteiger partial charge in [-0.05, 0) is 71.3 Å². The third kappa shape index (κ3) is 5.82. The molecule has 7 nitrogen and oxygen atoms in total. The van der Waals surface area contributed by atoms with Crippen LogP contribution in [0, 0.1) is 0 Å². The highest BCUT2D eigenvalue weighted by Gasteiger charge is 2.14. The zero-order valence-corrected chi connectivity index (χ0v) is 21.6. The summed E-state index contributed by atoms with van der Waals surface area (Å²) in [4.78, 5) is 16.4. The molecule has 5 rings (SSSR count). The van der Waals surface area contributed by atoms with E-state index in [-0.39, 0.29) is 11.4 Å². The Hall–Kier alpha value is -4.27. The average Bonchev–Trinajstić information content (AvgIpc) is 2.95. The SMILES string of the molecule is COC(=O)c1ccc(CCNS(=O)(=O)c2ccc3ccc(OCc4ccc5ccccc5n4)cc3c2)cc1. The van der Waals surface area contributed by atoms with Crippen LogP contribution in [-0.2, 0) is 27.8 Å². The molecule has 0 amide bonds. The average molecular weight is 527 g/mol. The van der Waals surface area contributed by atoms with Gasteiger partial charge in [-0.15, -0.1) is 0 Å². The number of nitrogens with zero attached hydrogens (tertiary/aromatic N) is 1. The summed E-state index contributed by atoms with van der Waals surface area (Å²) < 4.78 is 39.2. The minimum Gasteiger partial charge on any atom is -0.487 e. The zero-order valence-electron chi connectivity index (χ0n) is 20.8. The van der Waals surface area contributed by atoms with Crippen molar-refractivity contribution in [3.8, 4) is 5.75 Å². The predicted octanol–water partition coefficient (Wildman–Crippen LogP) is 5.27. The molecule has 38 heavy (non-hydrogen) atoms. The van der Waals surface area contributed by atoms with Crippen molar-refractivity contribution in [1.29, 1.82) is 0 Å². The normalized spacial score (nSPS) is 11.5. The molecule has 1 N–H and O–H groups in total. The minimum absolute atomic E-state index is 0.180. The van der Waals surface area contributed by atoms with E-state index in [1.807, 2.05) is 54.6 Å². The molecule has 192 valence electrons. The number of methoxy groups -OCH3 is 1. The molecule has 0 bridgehead atoms. The first-order valence-corrected chi connectivity index (χ1v) is 13.6. The Morgan fingerprint density at radius 3 is 2.42 bits per heavy atom. The monoisotopic (exact) mass is 526 g/mol. The standard InChI is InChI=1S/C30H26N2O5S/c1-36-30(33)24-8-6-21(7-9-24)16-17-31-38(34,35)28-15-12-22-11-14-27(18-25(22)19-28)37-20-26-13-10-23-4-2-3-5-29(23)32-26/h2-15,18-19,31H,16-17,20H2,1H3. The number of para-hydroxylation sites is 1. The van der Waals surface area contributed by atoms with Crippen LogP contribution in [0.3, 0.4) is 0 Å². The first-order valence-electron chi connectivity index (χ1n) is 12.1. The summed E-state index contributed by atoms with van der Waals surface area (Å²) in [6.45, 7) is 0.524. The molecule has 0 atom stereocenters. The Morgan fingerprint density at radius 1 is 0.842 bits per heavy atom. The molecule has 0 aliphatic heterocycles. The topological polar surface area (TPSA) is 94.6 Å². The maximum atomic E-state index is 12.9. The number of sulfonamides is 1. The van der Waals surface area contributed by atoms with E-state index in [0.717, 1.165) is 32.9 Å². The van der Waals surface area contributed by atoms with Crippen LogP contribution in [0.2, 0.25) is 0 Å². The highest BCUT2D eigenvalue weighted by molar-refractivity contribution is 7.89. The second kappa shape index (κ2) is 11.0. The molecule has 1 heterocycles. The van der Waals surface area contributed by atoms with Crippen molar-refractivity contribution in [3.63, 3.8) is 0 Å². The van der Waals surface area contributed by atoms with Gasteiger partial charge in [-0.25, -0.2) is 22.9 Å². The van der Waals surface area contributed by atoms with Crippen molar-refractivity contribution in [2.75, 3.05) is 13.7 Å². The van der Waals surface area contributed by atoms with Gasteiger partial charge in [0.25, 0.3) is 0 Å². The molecule has 0 saturated carbocycles. The van der Waals surface area contributed by atoms with Crippen molar-refractivity contribution >= 4 is 37.7 Å². The van der Waals surface area contributed by atoms with Gasteiger partial charge in [-0.2, -0.15) is 0 Å². The number of carbonyl (C=O) groups is 1. The Labute approximate surface area is 221 Å². The number of ether oxygens (including phenoxy) is 2. The molecule has 1 aromatic heterocycles. The Bertz CT molecular complexity index is 1720. The van der Waals surface area contributed by atoms with E-state index in [0.29, 0.717) is 24.3 Å². The first-order chi connectivity index (χ1) is 18.4. The molecule has 0 aliphatic rings. The molecular weight excluding hydrogens is 500 g/mol. The smallest absolute Gasteiger partial charge is 0.337 e. The second-order valence-corrected chi connectivity index (χ2v) is 10.6. The molecule has 0 aliphatic carbocycles. The van der Waals surface area contributed by atoms with Crippen LogP contribution in [0.1, 0.15) is 21.6 Å². The van der Waals surface area contributed by atoms with Crippen LogP contribution < -0.4 is 9.46 Å². The quantitative estimate of drug-likeness (QED) is 0.263. The third-order valence-corrected chi connectivity index (χ3v) is 7.68. The van der Waals surface area contributed by atoms with Gasteiger partial charge in [0.05, 0.1) is 28.8 Å². The lowest BCUT2D eigenvalue weighted by Gasteiger charge is -2.10. The van der Waals surface area contributed by atoms with Crippen LogP contribution in [0.5, 0.6) is 5.75 Å². The lowest BCUT2D eigenvalue weighted by molar-refractivity contribution is 0.0600. The van der Waals surface area contributed by atoms with Gasteiger partial charge < -0.3 is 9.47 Å². The number of aromatic nitrogens is 1. The van der Waals surface area contributed by atoms with Crippen molar-refractivity contribution in [2.24, 2.45) is 0 Å². The van der Waals surface area contributed by atoms with Crippen LogP contribution in [0.15, 0.2) is 102 Å². The first kappa shape index (κ1) is 25.4. The number of rotatable bonds is 9. The number of fused-ring (bicyclic) bond motifs is 2. The summed E-state index contributed by atoms with van der Waals surface area (Å²) in [6.07, 6.45) is 0.481. The third-order valence-electron chi connectivity index (χ3n) is 6.22. The maximum absolute atomic E-state index is 12.9. The summed E-state index contributed by atoms with van der Waals surface area (Å²) in [5, 5.41) is 2.74. The van der Waals surface area contributed by atoms with Gasteiger partial charge in [0, 0.05) is 11.9 Å². The van der Waals surface area contributed by atoms with Crippen molar-refractivity contribution in [1.82, 2.24) is 9.71 Å². The summed E-state index contributed by atoms with van der Waals surface area (Å²) in [5.74, 6) is 0.220. The van der Waals surface area contributed by atoms with Crippen LogP contribution in [0.4, 0.5) is 0 Å². The molecule has 5 aromatic rings. The Kier molecular flexibility index (Phi) is 7.35. The van der Waals surface area contributed by atoms with Crippen molar-refractivity contribution in [2.45, 2.75) is 17.9 Å². The maximum Gasteiger partial charge on any atom is 0.337 e. The van der Waals surface area contributed by atoms with Crippen molar-refractivity contribution in [3.05, 3.63) is 114 Å². The highest BCUT2D eigenvalue weighted by atomic mass is 32.2. The molecule has 8 heteroatoms. The van der Waals surface area contributed by atoms with E-state index in [4.69, 9.17) is 9.47 Å². The molecule has 0 saturated heterocycles. The van der Waals surface area contributed by atoms with E-state index in [9.17, 15) is 13.2 Å². The van der Waals surface area contributed by atoms with E-state index in [1.165, 1.54) is 7.11 Å². The molecular formula is C30H26N2O5S. The number of nitrogens with one attached hydrogen (secondary N) is 1. The van der Waals surface area contributed by atoms with Gasteiger partial charge in [-0.3, -0.25) is 0 Å². The fourth-order valence-electron chi connectivity index (χ4n) is 4.14. The van der Waals surface area contributed by atoms with Gasteiger partial charge in [-0.1, -0.05) is 48.5 Å². The molecule has 0 radical (unpaired) electrons. The number of esters is 1. The number of carbonyl (C=O) groups excluding carboxylic acids is 1. The van der Waals surface area contributed by atoms with Crippen molar-refractivity contribution < 1.29 is 22.7 Å². The lowest BCUT2D eigenvalue weighted by Crippen LogP contribution is -2.26. The van der Waals surface area contributed by atoms with E-state index >= 15 is 0 Å². The van der Waals surface area contributed by atoms with Crippen LogP contribution >= 0.6 is 0 Å². The Balaban J connectivity index is 1.24. The fourth-order valence-corrected chi connectivity index (χ4v) is 5.21. The molecule has 0 unspecified atom stereocenters. The van der Waals surface area contributed by atoms with Gasteiger partial charge in [0.2, 0.25) is 10.0 Å². The van der Waals surface area contributed by atoms with E-state index in [1.54, 1.807) is 42.5 Å². The molecule has 0 spiro atoms. The molecule has 4 aromatic carbocycles. The summed E-state index contributed by atoms with van der Waals surface area (Å²) in [5.41, 5.74) is 3.07. The van der Waals surface area contributed by atoms with E-state index < -0.39 is 16.0 Å². The summed E-state index contributed by atoms with van der Waals surface area (Å²) in [7, 11) is -2.38. The zero-order chi connectivity index (χ0) is 26.5. The largest absolute Gasteiger partial charge is 0.487 e. The molecule has 0 fully saturated rings. The second-order valence-electron chi connectivity index (χ2n) is 8.79. The Morgan fingerprint density at radius 2 is 1.61 bits per heavy atom. The van der Waals surface area contributed by atoms with Gasteiger partial charge in [0.15, 0.2) is 0 Å². The number of benzene rings is 4. The van der Waals surface area contributed by atoms with Gasteiger partial charge >= 0.3 is 5.97 Å². The van der Waals surface area contributed by atoms with Gasteiger partial charge in [0.1, 0.15) is 12.4 Å².